The van der Waals surface area contributed by atoms with Crippen LogP contribution in [0.15, 0.2) is 12.4 Å². The molecule has 1 aromatic rings. The molecule has 0 aliphatic carbocycles. The average Bonchev–Trinajstić information content (AvgIpc) is 3.22. The lowest BCUT2D eigenvalue weighted by Gasteiger charge is -2.36. The zero-order valence-electron chi connectivity index (χ0n) is 15.3. The van der Waals surface area contributed by atoms with Crippen LogP contribution < -0.4 is 9.80 Å². The monoisotopic (exact) mass is 376 g/mol. The minimum atomic E-state index is 0.278. The Labute approximate surface area is 159 Å². The van der Waals surface area contributed by atoms with E-state index in [0.717, 1.165) is 75.5 Å². The second kappa shape index (κ2) is 8.43. The van der Waals surface area contributed by atoms with Gasteiger partial charge in [-0.15, -0.1) is 0 Å². The van der Waals surface area contributed by atoms with Crippen molar-refractivity contribution in [2.45, 2.75) is 12.8 Å². The molecule has 1 amide bonds. The number of likely N-dealkylation sites (tertiary alicyclic amines) is 1. The number of hydrogen-bond donors (Lipinski definition) is 0. The molecule has 0 N–H and O–H groups in total. The van der Waals surface area contributed by atoms with E-state index in [1.165, 1.54) is 12.8 Å². The largest absolute Gasteiger partial charge is 0.355 e. The summed E-state index contributed by atoms with van der Waals surface area (Å²) in [5.41, 5.74) is 0. The van der Waals surface area contributed by atoms with E-state index in [4.69, 9.17) is 0 Å². The van der Waals surface area contributed by atoms with Gasteiger partial charge in [-0.25, -0.2) is 9.97 Å². The standard InChI is InChI=1S/C18H28N6OS/c25-18(14-21-3-1-2-4-21)24-7-5-22(6-8-24)16-13-17(20-15-19-16)23-9-11-26-12-10-23/h13,15H,1-12,14H2. The predicted molar refractivity (Wildman–Crippen MR) is 106 cm³/mol. The molecule has 7 nitrogen and oxygen atoms in total. The van der Waals surface area contributed by atoms with Gasteiger partial charge in [0.05, 0.1) is 6.54 Å². The fourth-order valence-electron chi connectivity index (χ4n) is 3.89. The summed E-state index contributed by atoms with van der Waals surface area (Å²) < 4.78 is 0. The number of carbonyl (C=O) groups is 1. The van der Waals surface area contributed by atoms with Crippen LogP contribution in [0, 0.1) is 0 Å². The highest BCUT2D eigenvalue weighted by atomic mass is 32.2. The first-order valence-corrected chi connectivity index (χ1v) is 10.8. The van der Waals surface area contributed by atoms with Gasteiger partial charge in [-0.05, 0) is 25.9 Å². The Hall–Kier alpha value is -1.54. The maximum absolute atomic E-state index is 12.5. The molecule has 142 valence electrons. The normalized spacial score (nSPS) is 22.1. The van der Waals surface area contributed by atoms with Gasteiger partial charge in [-0.3, -0.25) is 9.69 Å². The van der Waals surface area contributed by atoms with Gasteiger partial charge < -0.3 is 14.7 Å². The van der Waals surface area contributed by atoms with E-state index in [1.807, 2.05) is 16.7 Å². The number of rotatable bonds is 4. The van der Waals surface area contributed by atoms with Crippen LogP contribution in [-0.4, -0.2) is 96.1 Å². The fourth-order valence-corrected chi connectivity index (χ4v) is 4.80. The summed E-state index contributed by atoms with van der Waals surface area (Å²) in [5, 5.41) is 0. The molecule has 26 heavy (non-hydrogen) atoms. The van der Waals surface area contributed by atoms with Crippen molar-refractivity contribution in [2.24, 2.45) is 0 Å². The third-order valence-corrected chi connectivity index (χ3v) is 6.43. The van der Waals surface area contributed by atoms with Crippen LogP contribution in [0.5, 0.6) is 0 Å². The number of aromatic nitrogens is 2. The number of anilines is 2. The lowest BCUT2D eigenvalue weighted by Crippen LogP contribution is -2.51. The molecular weight excluding hydrogens is 348 g/mol. The first kappa shape index (κ1) is 17.9. The Kier molecular flexibility index (Phi) is 5.79. The van der Waals surface area contributed by atoms with Gasteiger partial charge in [-0.2, -0.15) is 11.8 Å². The summed E-state index contributed by atoms with van der Waals surface area (Å²) in [6, 6.07) is 2.11. The van der Waals surface area contributed by atoms with Gasteiger partial charge >= 0.3 is 0 Å². The van der Waals surface area contributed by atoms with E-state index in [1.54, 1.807) is 6.33 Å². The summed E-state index contributed by atoms with van der Waals surface area (Å²) in [6.07, 6.45) is 4.14. The molecule has 0 aromatic carbocycles. The summed E-state index contributed by atoms with van der Waals surface area (Å²) in [6.45, 7) is 8.11. The van der Waals surface area contributed by atoms with Gasteiger partial charge in [-0.1, -0.05) is 0 Å². The zero-order chi connectivity index (χ0) is 17.8. The van der Waals surface area contributed by atoms with Crippen LogP contribution in [0.2, 0.25) is 0 Å². The van der Waals surface area contributed by atoms with E-state index in [-0.39, 0.29) is 5.91 Å². The van der Waals surface area contributed by atoms with Crippen molar-refractivity contribution in [1.29, 1.82) is 0 Å². The minimum Gasteiger partial charge on any atom is -0.355 e. The molecule has 3 aliphatic heterocycles. The number of nitrogens with zero attached hydrogens (tertiary/aromatic N) is 6. The third-order valence-electron chi connectivity index (χ3n) is 5.49. The van der Waals surface area contributed by atoms with Gasteiger partial charge in [0, 0.05) is 56.8 Å². The first-order valence-electron chi connectivity index (χ1n) is 9.69. The molecule has 3 fully saturated rings. The maximum atomic E-state index is 12.5. The molecule has 1 aromatic heterocycles. The highest BCUT2D eigenvalue weighted by Crippen LogP contribution is 2.21. The number of amides is 1. The molecule has 4 heterocycles. The van der Waals surface area contributed by atoms with Gasteiger partial charge in [0.15, 0.2) is 0 Å². The van der Waals surface area contributed by atoms with Crippen molar-refractivity contribution in [3.05, 3.63) is 12.4 Å². The minimum absolute atomic E-state index is 0.278. The molecule has 0 saturated carbocycles. The van der Waals surface area contributed by atoms with E-state index in [9.17, 15) is 4.79 Å². The van der Waals surface area contributed by atoms with Crippen LogP contribution in [0.4, 0.5) is 11.6 Å². The molecule has 8 heteroatoms. The summed E-state index contributed by atoms with van der Waals surface area (Å²) >= 11 is 2.00. The Morgan fingerprint density at radius 3 is 2.15 bits per heavy atom. The van der Waals surface area contributed by atoms with Crippen molar-refractivity contribution in [2.75, 3.05) is 80.2 Å². The quantitative estimate of drug-likeness (QED) is 0.769. The molecule has 0 atom stereocenters. The van der Waals surface area contributed by atoms with Crippen molar-refractivity contribution < 1.29 is 4.79 Å². The zero-order valence-corrected chi connectivity index (χ0v) is 16.2. The number of hydrogen-bond acceptors (Lipinski definition) is 7. The topological polar surface area (TPSA) is 55.8 Å². The second-order valence-electron chi connectivity index (χ2n) is 7.18. The van der Waals surface area contributed by atoms with Gasteiger partial charge in [0.25, 0.3) is 0 Å². The fraction of sp³-hybridized carbons (Fsp3) is 0.722. The molecular formula is C18H28N6OS. The third kappa shape index (κ3) is 4.23. The average molecular weight is 377 g/mol. The lowest BCUT2D eigenvalue weighted by atomic mass is 10.3. The Morgan fingerprint density at radius 1 is 0.885 bits per heavy atom. The molecule has 3 saturated heterocycles. The van der Waals surface area contributed by atoms with Crippen molar-refractivity contribution in [3.63, 3.8) is 0 Å². The smallest absolute Gasteiger partial charge is 0.236 e. The molecule has 3 aliphatic rings. The summed E-state index contributed by atoms with van der Waals surface area (Å²) in [4.78, 5) is 30.4. The van der Waals surface area contributed by atoms with Gasteiger partial charge in [0.1, 0.15) is 18.0 Å². The van der Waals surface area contributed by atoms with Crippen LogP contribution in [0.1, 0.15) is 12.8 Å². The van der Waals surface area contributed by atoms with Crippen LogP contribution >= 0.6 is 11.8 Å². The maximum Gasteiger partial charge on any atom is 0.236 e. The van der Waals surface area contributed by atoms with Crippen molar-refractivity contribution >= 4 is 29.3 Å². The van der Waals surface area contributed by atoms with Crippen LogP contribution in [0.3, 0.4) is 0 Å². The Balaban J connectivity index is 1.32. The van der Waals surface area contributed by atoms with Crippen molar-refractivity contribution in [1.82, 2.24) is 19.8 Å². The number of carbonyl (C=O) groups excluding carboxylic acids is 1. The summed E-state index contributed by atoms with van der Waals surface area (Å²) in [5.74, 6) is 4.62. The molecule has 0 radical (unpaired) electrons. The van der Waals surface area contributed by atoms with E-state index in [2.05, 4.69) is 30.7 Å². The Bertz CT molecular complexity index is 609. The molecule has 4 rings (SSSR count). The highest BCUT2D eigenvalue weighted by Gasteiger charge is 2.25. The highest BCUT2D eigenvalue weighted by molar-refractivity contribution is 7.99. The Morgan fingerprint density at radius 2 is 1.50 bits per heavy atom. The van der Waals surface area contributed by atoms with Crippen LogP contribution in [0.25, 0.3) is 0 Å². The summed E-state index contributed by atoms with van der Waals surface area (Å²) in [7, 11) is 0. The number of thioether (sulfide) groups is 1. The number of piperazine rings is 1. The van der Waals surface area contributed by atoms with Crippen molar-refractivity contribution in [3.8, 4) is 0 Å². The molecule has 0 unspecified atom stereocenters. The lowest BCUT2D eigenvalue weighted by molar-refractivity contribution is -0.132. The first-order chi connectivity index (χ1) is 12.8. The SMILES string of the molecule is O=C(CN1CCCC1)N1CCN(c2cc(N3CCSCC3)ncn2)CC1. The van der Waals surface area contributed by atoms with E-state index >= 15 is 0 Å². The second-order valence-corrected chi connectivity index (χ2v) is 8.41. The van der Waals surface area contributed by atoms with Crippen LogP contribution in [-0.2, 0) is 4.79 Å². The van der Waals surface area contributed by atoms with E-state index < -0.39 is 0 Å². The van der Waals surface area contributed by atoms with Gasteiger partial charge in [0.2, 0.25) is 5.91 Å². The predicted octanol–water partition coefficient (Wildman–Crippen LogP) is 0.774. The van der Waals surface area contributed by atoms with E-state index in [0.29, 0.717) is 6.54 Å². The molecule has 0 bridgehead atoms. The molecule has 0 spiro atoms.